The fourth-order valence-corrected chi connectivity index (χ4v) is 2.64. The molecule has 0 amide bonds. The summed E-state index contributed by atoms with van der Waals surface area (Å²) in [7, 11) is 0. The molecular formula is C19H20O4S. The zero-order valence-corrected chi connectivity index (χ0v) is 14.8. The van der Waals surface area contributed by atoms with E-state index < -0.39 is 11.6 Å². The largest absolute Gasteiger partial charge is 0.457 e. The second kappa shape index (κ2) is 7.93. The molecule has 126 valence electrons. The van der Waals surface area contributed by atoms with Crippen molar-refractivity contribution in [3.8, 4) is 0 Å². The first-order chi connectivity index (χ1) is 11.3. The van der Waals surface area contributed by atoms with Gasteiger partial charge < -0.3 is 9.47 Å². The summed E-state index contributed by atoms with van der Waals surface area (Å²) in [6.07, 6.45) is 2.99. The van der Waals surface area contributed by atoms with Gasteiger partial charge in [0.25, 0.3) is 0 Å². The van der Waals surface area contributed by atoms with Gasteiger partial charge in [-0.3, -0.25) is 0 Å². The van der Waals surface area contributed by atoms with Gasteiger partial charge in [-0.2, -0.15) is 0 Å². The van der Waals surface area contributed by atoms with Crippen LogP contribution in [0.3, 0.4) is 0 Å². The van der Waals surface area contributed by atoms with Crippen molar-refractivity contribution >= 4 is 29.4 Å². The van der Waals surface area contributed by atoms with Crippen molar-refractivity contribution < 1.29 is 19.1 Å². The van der Waals surface area contributed by atoms with Gasteiger partial charge in [-0.05, 0) is 44.5 Å². The summed E-state index contributed by atoms with van der Waals surface area (Å²) >= 11 is 1.27. The molecule has 2 rings (SSSR count). The van der Waals surface area contributed by atoms with Crippen LogP contribution >= 0.6 is 11.3 Å². The number of esters is 2. The normalized spacial score (nSPS) is 11.5. The van der Waals surface area contributed by atoms with E-state index in [1.165, 1.54) is 17.4 Å². The lowest BCUT2D eigenvalue weighted by Crippen LogP contribution is -2.22. The lowest BCUT2D eigenvalue weighted by molar-refractivity contribution is -0.148. The topological polar surface area (TPSA) is 52.6 Å². The van der Waals surface area contributed by atoms with Gasteiger partial charge in [0.2, 0.25) is 0 Å². The molecule has 5 heteroatoms. The Balaban J connectivity index is 1.90. The van der Waals surface area contributed by atoms with Crippen molar-refractivity contribution in [2.45, 2.75) is 33.0 Å². The van der Waals surface area contributed by atoms with Crippen molar-refractivity contribution in [2.24, 2.45) is 0 Å². The average Bonchev–Trinajstić information content (AvgIpc) is 2.99. The maximum Gasteiger partial charge on any atom is 0.348 e. The Morgan fingerprint density at radius 2 is 1.79 bits per heavy atom. The van der Waals surface area contributed by atoms with Gasteiger partial charge in [-0.25, -0.2) is 9.59 Å². The van der Waals surface area contributed by atoms with E-state index in [-0.39, 0.29) is 12.6 Å². The zero-order chi connectivity index (χ0) is 17.6. The third kappa shape index (κ3) is 6.01. The molecule has 0 saturated heterocycles. The molecule has 0 fully saturated rings. The molecule has 0 radical (unpaired) electrons. The number of rotatable bonds is 5. The number of carbonyl (C=O) groups is 2. The highest BCUT2D eigenvalue weighted by Crippen LogP contribution is 2.20. The molecule has 0 atom stereocenters. The smallest absolute Gasteiger partial charge is 0.348 e. The van der Waals surface area contributed by atoms with E-state index in [0.29, 0.717) is 4.88 Å². The Morgan fingerprint density at radius 1 is 1.08 bits per heavy atom. The van der Waals surface area contributed by atoms with Crippen LogP contribution in [0.15, 0.2) is 48.5 Å². The predicted octanol–water partition coefficient (Wildman–Crippen LogP) is 4.46. The molecule has 24 heavy (non-hydrogen) atoms. The van der Waals surface area contributed by atoms with Gasteiger partial charge in [0, 0.05) is 11.0 Å². The Hall–Kier alpha value is -2.40. The molecule has 0 aliphatic carbocycles. The molecule has 0 unspecified atom stereocenters. The zero-order valence-electron chi connectivity index (χ0n) is 13.9. The number of hydrogen-bond donors (Lipinski definition) is 0. The SMILES string of the molecule is CC(C)(C)OC(=O)/C=C/c1ccc(C(=O)OCc2ccccc2)s1. The molecule has 0 spiro atoms. The fourth-order valence-electron chi connectivity index (χ4n) is 1.83. The van der Waals surface area contributed by atoms with Crippen molar-refractivity contribution in [2.75, 3.05) is 0 Å². The molecule has 4 nitrogen and oxygen atoms in total. The highest BCUT2D eigenvalue weighted by atomic mass is 32.1. The Bertz CT molecular complexity index is 723. The third-order valence-corrected chi connectivity index (χ3v) is 3.86. The van der Waals surface area contributed by atoms with Crippen molar-refractivity contribution in [1.29, 1.82) is 0 Å². The van der Waals surface area contributed by atoms with E-state index in [1.54, 1.807) is 18.2 Å². The van der Waals surface area contributed by atoms with Crippen LogP contribution in [0.4, 0.5) is 0 Å². The molecule has 0 bridgehead atoms. The van der Waals surface area contributed by atoms with Crippen LogP contribution in [-0.2, 0) is 20.9 Å². The van der Waals surface area contributed by atoms with Gasteiger partial charge in [0.05, 0.1) is 0 Å². The number of benzene rings is 1. The summed E-state index contributed by atoms with van der Waals surface area (Å²) in [6, 6.07) is 13.0. The molecule has 1 heterocycles. The maximum absolute atomic E-state index is 12.0. The van der Waals surface area contributed by atoms with Crippen LogP contribution in [0.25, 0.3) is 6.08 Å². The molecular weight excluding hydrogens is 324 g/mol. The van der Waals surface area contributed by atoms with Crippen molar-refractivity contribution in [1.82, 2.24) is 0 Å². The van der Waals surface area contributed by atoms with E-state index in [9.17, 15) is 9.59 Å². The molecule has 0 N–H and O–H groups in total. The maximum atomic E-state index is 12.0. The van der Waals surface area contributed by atoms with E-state index in [0.717, 1.165) is 10.4 Å². The molecule has 0 aliphatic rings. The third-order valence-electron chi connectivity index (χ3n) is 2.83. The molecule has 1 aromatic carbocycles. The highest BCUT2D eigenvalue weighted by molar-refractivity contribution is 7.14. The fraction of sp³-hybridized carbons (Fsp3) is 0.263. The summed E-state index contributed by atoms with van der Waals surface area (Å²) < 4.78 is 10.5. The van der Waals surface area contributed by atoms with Gasteiger partial charge in [0.15, 0.2) is 0 Å². The van der Waals surface area contributed by atoms with Crippen molar-refractivity contribution in [3.63, 3.8) is 0 Å². The molecule has 1 aromatic heterocycles. The predicted molar refractivity (Wildman–Crippen MR) is 94.8 cm³/mol. The second-order valence-corrected chi connectivity index (χ2v) is 7.25. The van der Waals surface area contributed by atoms with E-state index in [4.69, 9.17) is 9.47 Å². The average molecular weight is 344 g/mol. The van der Waals surface area contributed by atoms with Crippen LogP contribution in [0, 0.1) is 0 Å². The molecule has 0 saturated carbocycles. The molecule has 2 aromatic rings. The summed E-state index contributed by atoms with van der Waals surface area (Å²) in [5.41, 5.74) is 0.413. The summed E-state index contributed by atoms with van der Waals surface area (Å²) in [4.78, 5) is 24.9. The first-order valence-corrected chi connectivity index (χ1v) is 8.37. The van der Waals surface area contributed by atoms with E-state index >= 15 is 0 Å². The van der Waals surface area contributed by atoms with Gasteiger partial charge in [-0.1, -0.05) is 30.3 Å². The van der Waals surface area contributed by atoms with Gasteiger partial charge in [-0.15, -0.1) is 11.3 Å². The Kier molecular flexibility index (Phi) is 5.93. The number of ether oxygens (including phenoxy) is 2. The number of thiophene rings is 1. The molecule has 0 aliphatic heterocycles. The monoisotopic (exact) mass is 344 g/mol. The van der Waals surface area contributed by atoms with Crippen LogP contribution in [0.1, 0.15) is 40.9 Å². The minimum absolute atomic E-state index is 0.237. The van der Waals surface area contributed by atoms with Crippen LogP contribution < -0.4 is 0 Å². The Morgan fingerprint density at radius 3 is 2.46 bits per heavy atom. The summed E-state index contributed by atoms with van der Waals surface area (Å²) in [5, 5.41) is 0. The Labute approximate surface area is 145 Å². The minimum Gasteiger partial charge on any atom is -0.457 e. The lowest BCUT2D eigenvalue weighted by atomic mass is 10.2. The van der Waals surface area contributed by atoms with Gasteiger partial charge in [0.1, 0.15) is 17.1 Å². The highest BCUT2D eigenvalue weighted by Gasteiger charge is 2.14. The quantitative estimate of drug-likeness (QED) is 0.593. The van der Waals surface area contributed by atoms with Crippen LogP contribution in [-0.4, -0.2) is 17.5 Å². The van der Waals surface area contributed by atoms with Crippen LogP contribution in [0.2, 0.25) is 0 Å². The summed E-state index contributed by atoms with van der Waals surface area (Å²) in [6.45, 7) is 5.67. The standard InChI is InChI=1S/C19H20O4S/c1-19(2,3)23-17(20)12-10-15-9-11-16(24-15)18(21)22-13-14-7-5-4-6-8-14/h4-12H,13H2,1-3H3/b12-10+. The van der Waals surface area contributed by atoms with Crippen LogP contribution in [0.5, 0.6) is 0 Å². The first kappa shape index (κ1) is 17.9. The van der Waals surface area contributed by atoms with Gasteiger partial charge >= 0.3 is 11.9 Å². The number of hydrogen-bond acceptors (Lipinski definition) is 5. The number of carbonyl (C=O) groups excluding carboxylic acids is 2. The minimum atomic E-state index is -0.525. The van der Waals surface area contributed by atoms with E-state index in [2.05, 4.69) is 0 Å². The summed E-state index contributed by atoms with van der Waals surface area (Å²) in [5.74, 6) is -0.787. The second-order valence-electron chi connectivity index (χ2n) is 6.13. The van der Waals surface area contributed by atoms with E-state index in [1.807, 2.05) is 51.1 Å². The lowest BCUT2D eigenvalue weighted by Gasteiger charge is -2.17. The van der Waals surface area contributed by atoms with Crippen molar-refractivity contribution in [3.05, 3.63) is 63.9 Å². The first-order valence-electron chi connectivity index (χ1n) is 7.55.